The van der Waals surface area contributed by atoms with Crippen LogP contribution >= 0.6 is 20.1 Å². The minimum absolute atomic E-state index is 1.04. The van der Waals surface area contributed by atoms with Crippen LogP contribution in [0.2, 0.25) is 0 Å². The molecule has 1 aliphatic heterocycles. The predicted octanol–water partition coefficient (Wildman–Crippen LogP) is 2.34. The molecule has 10 heavy (non-hydrogen) atoms. The molecule has 0 saturated heterocycles. The Morgan fingerprint density at radius 3 is 2.90 bits per heavy atom. The Hall–Kier alpha value is -0.380. The van der Waals surface area contributed by atoms with Gasteiger partial charge in [-0.15, -0.1) is 0 Å². The first-order chi connectivity index (χ1) is 4.88. The monoisotopic (exact) mass is 245 g/mol. The molecule has 0 saturated carbocycles. The SMILES string of the molecule is CI1N=Cc2ccccc21. The fraction of sp³-hybridized carbons (Fsp3) is 0.125. The second kappa shape index (κ2) is 2.34. The molecule has 1 nitrogen and oxygen atoms in total. The summed E-state index contributed by atoms with van der Waals surface area (Å²) in [6.07, 6.45) is 2.01. The molecule has 1 aromatic carbocycles. The van der Waals surface area contributed by atoms with Crippen LogP contribution in [0.3, 0.4) is 0 Å². The van der Waals surface area contributed by atoms with Crippen LogP contribution in [0.15, 0.2) is 27.5 Å². The first-order valence-corrected chi connectivity index (χ1v) is 7.31. The van der Waals surface area contributed by atoms with Gasteiger partial charge < -0.3 is 0 Å². The number of alkyl halides is 1. The van der Waals surface area contributed by atoms with E-state index in [-0.39, 0.29) is 0 Å². The van der Waals surface area contributed by atoms with Gasteiger partial charge in [0.05, 0.1) is 0 Å². The van der Waals surface area contributed by atoms with Crippen molar-refractivity contribution in [2.45, 2.75) is 0 Å². The van der Waals surface area contributed by atoms with Gasteiger partial charge in [0.25, 0.3) is 0 Å². The quantitative estimate of drug-likeness (QED) is 0.491. The van der Waals surface area contributed by atoms with E-state index < -0.39 is 20.1 Å². The summed E-state index contributed by atoms with van der Waals surface area (Å²) in [4.78, 5) is 2.27. The van der Waals surface area contributed by atoms with Gasteiger partial charge in [0.1, 0.15) is 0 Å². The number of fused-ring (bicyclic) bond motifs is 1. The molecule has 0 spiro atoms. The number of hydrogen-bond donors (Lipinski definition) is 0. The van der Waals surface area contributed by atoms with E-state index in [9.17, 15) is 0 Å². The molecule has 0 N–H and O–H groups in total. The van der Waals surface area contributed by atoms with Gasteiger partial charge in [0.2, 0.25) is 0 Å². The van der Waals surface area contributed by atoms with E-state index in [4.69, 9.17) is 0 Å². The second-order valence-corrected chi connectivity index (χ2v) is 6.44. The molecule has 0 bridgehead atoms. The van der Waals surface area contributed by atoms with Crippen molar-refractivity contribution in [2.24, 2.45) is 3.21 Å². The van der Waals surface area contributed by atoms with Crippen molar-refractivity contribution in [3.63, 3.8) is 0 Å². The van der Waals surface area contributed by atoms with Gasteiger partial charge >= 0.3 is 67.8 Å². The fourth-order valence-corrected chi connectivity index (χ4v) is 3.97. The van der Waals surface area contributed by atoms with E-state index in [1.807, 2.05) is 6.21 Å². The predicted molar refractivity (Wildman–Crippen MR) is 52.7 cm³/mol. The second-order valence-electron chi connectivity index (χ2n) is 2.19. The van der Waals surface area contributed by atoms with Crippen LogP contribution in [-0.2, 0) is 0 Å². The molecule has 0 unspecified atom stereocenters. The van der Waals surface area contributed by atoms with Gasteiger partial charge in [-0.3, -0.25) is 0 Å². The van der Waals surface area contributed by atoms with Crippen LogP contribution in [0.25, 0.3) is 0 Å². The molecule has 0 aliphatic carbocycles. The van der Waals surface area contributed by atoms with Crippen LogP contribution in [0.1, 0.15) is 5.56 Å². The van der Waals surface area contributed by atoms with Crippen molar-refractivity contribution in [1.82, 2.24) is 0 Å². The van der Waals surface area contributed by atoms with Gasteiger partial charge in [-0.1, -0.05) is 0 Å². The van der Waals surface area contributed by atoms with Crippen molar-refractivity contribution >= 4 is 26.3 Å². The number of rotatable bonds is 0. The van der Waals surface area contributed by atoms with Crippen molar-refractivity contribution in [1.29, 1.82) is 0 Å². The molecule has 2 heteroatoms. The van der Waals surface area contributed by atoms with Gasteiger partial charge in [-0.25, -0.2) is 0 Å². The maximum absolute atomic E-state index is 4.44. The first kappa shape index (κ1) is 6.34. The number of halogens is 1. The molecule has 0 aromatic heterocycles. The summed E-state index contributed by atoms with van der Waals surface area (Å²) in [5.41, 5.74) is 1.34. The summed E-state index contributed by atoms with van der Waals surface area (Å²) in [6, 6.07) is 8.51. The van der Waals surface area contributed by atoms with Crippen molar-refractivity contribution < 1.29 is 0 Å². The molecule has 0 radical (unpaired) electrons. The van der Waals surface area contributed by atoms with Crippen LogP contribution in [0, 0.1) is 3.57 Å². The van der Waals surface area contributed by atoms with Crippen LogP contribution in [0.5, 0.6) is 0 Å². The zero-order valence-electron chi connectivity index (χ0n) is 5.71. The summed E-state index contributed by atoms with van der Waals surface area (Å²) in [6.45, 7) is 0. The summed E-state index contributed by atoms with van der Waals surface area (Å²) in [5, 5.41) is 0. The molecule has 0 fully saturated rings. The van der Waals surface area contributed by atoms with Crippen molar-refractivity contribution in [3.8, 4) is 0 Å². The summed E-state index contributed by atoms with van der Waals surface area (Å²) < 4.78 is 5.94. The maximum atomic E-state index is 4.44. The average Bonchev–Trinajstić information content (AvgIpc) is 2.34. The third-order valence-electron chi connectivity index (χ3n) is 1.53. The Bertz CT molecular complexity index is 280. The molecule has 2 rings (SSSR count). The molecule has 52 valence electrons. The average molecular weight is 245 g/mol. The molecule has 1 aromatic rings. The Labute approximate surface area is 67.9 Å². The standard InChI is InChI=1S/C8H8IN/c1-9-8-5-3-2-4-7(8)6-10-9/h2-6H,1H3. The third kappa shape index (κ3) is 0.868. The van der Waals surface area contributed by atoms with Gasteiger partial charge in [0, 0.05) is 0 Å². The zero-order chi connectivity index (χ0) is 6.97. The van der Waals surface area contributed by atoms with E-state index in [0.29, 0.717) is 0 Å². The molecule has 1 aliphatic rings. The van der Waals surface area contributed by atoms with Crippen molar-refractivity contribution in [3.05, 3.63) is 33.4 Å². The van der Waals surface area contributed by atoms with E-state index in [1.54, 1.807) is 0 Å². The summed E-state index contributed by atoms with van der Waals surface area (Å²) in [7, 11) is 0. The van der Waals surface area contributed by atoms with E-state index >= 15 is 0 Å². The molecule has 1 heterocycles. The Kier molecular flexibility index (Phi) is 1.48. The Morgan fingerprint density at radius 2 is 2.10 bits per heavy atom. The number of benzene rings is 1. The molecular weight excluding hydrogens is 237 g/mol. The Morgan fingerprint density at radius 1 is 1.30 bits per heavy atom. The zero-order valence-corrected chi connectivity index (χ0v) is 7.87. The van der Waals surface area contributed by atoms with Gasteiger partial charge in [-0.2, -0.15) is 0 Å². The van der Waals surface area contributed by atoms with Crippen LogP contribution < -0.4 is 0 Å². The number of hydrogen-bond acceptors (Lipinski definition) is 1. The third-order valence-corrected chi connectivity index (χ3v) is 5.31. The van der Waals surface area contributed by atoms with Crippen LogP contribution in [-0.4, -0.2) is 11.1 Å². The first-order valence-electron chi connectivity index (χ1n) is 3.11. The topological polar surface area (TPSA) is 12.4 Å². The van der Waals surface area contributed by atoms with Crippen LogP contribution in [0.4, 0.5) is 0 Å². The van der Waals surface area contributed by atoms with Crippen molar-refractivity contribution in [2.75, 3.05) is 4.93 Å². The Balaban J connectivity index is 2.59. The summed E-state index contributed by atoms with van der Waals surface area (Å²) >= 11 is -1.04. The number of nitrogens with zero attached hydrogens (tertiary/aromatic N) is 1. The molecular formula is C8H8IN. The van der Waals surface area contributed by atoms with Gasteiger partial charge in [0.15, 0.2) is 0 Å². The molecule has 0 amide bonds. The van der Waals surface area contributed by atoms with Gasteiger partial charge in [-0.05, 0) is 0 Å². The fourth-order valence-electron chi connectivity index (χ4n) is 1.01. The minimum atomic E-state index is -1.04. The van der Waals surface area contributed by atoms with E-state index in [2.05, 4.69) is 32.4 Å². The molecule has 0 atom stereocenters. The van der Waals surface area contributed by atoms with E-state index in [0.717, 1.165) is 0 Å². The van der Waals surface area contributed by atoms with E-state index in [1.165, 1.54) is 9.13 Å². The summed E-state index contributed by atoms with van der Waals surface area (Å²) in [5.74, 6) is 0. The normalized spacial score (nSPS) is 17.5.